The monoisotopic (exact) mass is 501 g/mol. The highest BCUT2D eigenvalue weighted by atomic mass is 16.5. The molecule has 2 aliphatic rings. The summed E-state index contributed by atoms with van der Waals surface area (Å²) in [4.78, 5) is 34.1. The summed E-state index contributed by atoms with van der Waals surface area (Å²) in [7, 11) is 0. The van der Waals surface area contributed by atoms with E-state index in [0.29, 0.717) is 25.0 Å². The summed E-state index contributed by atoms with van der Waals surface area (Å²) < 4.78 is 12.3. The fraction of sp³-hybridized carbons (Fsp3) is 0.357. The zero-order chi connectivity index (χ0) is 25.8. The van der Waals surface area contributed by atoms with Crippen LogP contribution in [0, 0.1) is 12.8 Å². The van der Waals surface area contributed by atoms with Gasteiger partial charge in [-0.1, -0.05) is 6.07 Å². The molecule has 1 fully saturated rings. The third kappa shape index (κ3) is 5.56. The van der Waals surface area contributed by atoms with E-state index in [9.17, 15) is 9.59 Å². The highest BCUT2D eigenvalue weighted by Gasteiger charge is 2.21. The van der Waals surface area contributed by atoms with E-state index in [-0.39, 0.29) is 12.2 Å². The summed E-state index contributed by atoms with van der Waals surface area (Å²) in [6.07, 6.45) is 3.13. The molecule has 1 saturated heterocycles. The SMILES string of the molecule is CCOC(=O)NC1=NCc2cc(-c3cc(C)n(CC4CCOCC4)c(=O)c3)cc(-c3ccccn3)c2N1. The van der Waals surface area contributed by atoms with Crippen molar-refractivity contribution in [2.24, 2.45) is 10.9 Å². The summed E-state index contributed by atoms with van der Waals surface area (Å²) in [5.74, 6) is 0.777. The number of amides is 1. The van der Waals surface area contributed by atoms with Crippen molar-refractivity contribution in [2.75, 3.05) is 25.1 Å². The van der Waals surface area contributed by atoms with Crippen molar-refractivity contribution in [1.82, 2.24) is 14.9 Å². The summed E-state index contributed by atoms with van der Waals surface area (Å²) in [5.41, 5.74) is 6.08. The number of benzene rings is 1. The van der Waals surface area contributed by atoms with Crippen molar-refractivity contribution in [3.05, 3.63) is 70.3 Å². The number of carbonyl (C=O) groups excluding carboxylic acids is 1. The highest BCUT2D eigenvalue weighted by Crippen LogP contribution is 2.37. The minimum absolute atomic E-state index is 0.00401. The molecule has 9 heteroatoms. The molecule has 0 spiro atoms. The van der Waals surface area contributed by atoms with Crippen molar-refractivity contribution in [3.63, 3.8) is 0 Å². The number of nitrogens with zero attached hydrogens (tertiary/aromatic N) is 3. The van der Waals surface area contributed by atoms with E-state index >= 15 is 0 Å². The molecule has 0 saturated carbocycles. The minimum Gasteiger partial charge on any atom is -0.450 e. The molecule has 4 heterocycles. The Morgan fingerprint density at radius 2 is 2.00 bits per heavy atom. The van der Waals surface area contributed by atoms with Crippen molar-refractivity contribution in [1.29, 1.82) is 0 Å². The molecule has 9 nitrogen and oxygen atoms in total. The Morgan fingerprint density at radius 1 is 1.19 bits per heavy atom. The second-order valence-corrected chi connectivity index (χ2v) is 9.30. The first-order valence-corrected chi connectivity index (χ1v) is 12.6. The van der Waals surface area contributed by atoms with Gasteiger partial charge in [-0.3, -0.25) is 15.1 Å². The molecule has 2 aliphatic heterocycles. The largest absolute Gasteiger partial charge is 0.450 e. The Hall–Kier alpha value is -3.98. The summed E-state index contributed by atoms with van der Waals surface area (Å²) >= 11 is 0. The van der Waals surface area contributed by atoms with Gasteiger partial charge < -0.3 is 19.4 Å². The number of rotatable bonds is 5. The number of aromatic nitrogens is 2. The van der Waals surface area contributed by atoms with Crippen LogP contribution in [0.3, 0.4) is 0 Å². The first-order valence-electron chi connectivity index (χ1n) is 12.6. The lowest BCUT2D eigenvalue weighted by molar-refractivity contribution is 0.0608. The van der Waals surface area contributed by atoms with E-state index in [1.807, 2.05) is 41.8 Å². The van der Waals surface area contributed by atoms with Gasteiger partial charge in [0.1, 0.15) is 0 Å². The lowest BCUT2D eigenvalue weighted by Crippen LogP contribution is -2.38. The number of nitrogens with one attached hydrogen (secondary N) is 2. The molecule has 0 atom stereocenters. The molecule has 1 amide bonds. The van der Waals surface area contributed by atoms with Gasteiger partial charge in [0, 0.05) is 43.3 Å². The van der Waals surface area contributed by atoms with Crippen LogP contribution in [0.5, 0.6) is 0 Å². The number of aryl methyl sites for hydroxylation is 1. The number of hydrogen-bond acceptors (Lipinski definition) is 7. The number of carbonyl (C=O) groups is 1. The van der Waals surface area contributed by atoms with E-state index in [1.165, 1.54) is 0 Å². The number of aliphatic imine (C=N–C) groups is 1. The molecule has 1 aromatic carbocycles. The van der Waals surface area contributed by atoms with E-state index in [0.717, 1.165) is 65.4 Å². The Kier molecular flexibility index (Phi) is 7.32. The van der Waals surface area contributed by atoms with Crippen LogP contribution < -0.4 is 16.2 Å². The second-order valence-electron chi connectivity index (χ2n) is 9.30. The van der Waals surface area contributed by atoms with Gasteiger partial charge in [0.15, 0.2) is 0 Å². The molecule has 2 N–H and O–H groups in total. The molecular formula is C28H31N5O4. The predicted molar refractivity (Wildman–Crippen MR) is 143 cm³/mol. The lowest BCUT2D eigenvalue weighted by atomic mass is 9.95. The lowest BCUT2D eigenvalue weighted by Gasteiger charge is -2.24. The van der Waals surface area contributed by atoms with Crippen molar-refractivity contribution in [3.8, 4) is 22.4 Å². The number of pyridine rings is 2. The molecule has 5 rings (SSSR count). The van der Waals surface area contributed by atoms with Gasteiger partial charge in [0.05, 0.1) is 24.5 Å². The number of hydrogen-bond donors (Lipinski definition) is 2. The van der Waals surface area contributed by atoms with Gasteiger partial charge in [0.25, 0.3) is 5.56 Å². The van der Waals surface area contributed by atoms with Crippen molar-refractivity contribution in [2.45, 2.75) is 39.8 Å². The molecule has 37 heavy (non-hydrogen) atoms. The van der Waals surface area contributed by atoms with Crippen LogP contribution in [0.2, 0.25) is 0 Å². The van der Waals surface area contributed by atoms with Gasteiger partial charge in [-0.2, -0.15) is 0 Å². The van der Waals surface area contributed by atoms with E-state index in [4.69, 9.17) is 9.47 Å². The third-order valence-electron chi connectivity index (χ3n) is 6.76. The van der Waals surface area contributed by atoms with Gasteiger partial charge in [0.2, 0.25) is 5.96 Å². The van der Waals surface area contributed by atoms with Gasteiger partial charge >= 0.3 is 6.09 Å². The number of anilines is 1. The predicted octanol–water partition coefficient (Wildman–Crippen LogP) is 4.34. The van der Waals surface area contributed by atoms with Crippen molar-refractivity contribution >= 4 is 17.7 Å². The van der Waals surface area contributed by atoms with Crippen molar-refractivity contribution < 1.29 is 14.3 Å². The second kappa shape index (κ2) is 11.0. The Morgan fingerprint density at radius 3 is 2.73 bits per heavy atom. The Bertz CT molecular complexity index is 1380. The molecule has 192 valence electrons. The number of ether oxygens (including phenoxy) is 2. The molecule has 0 radical (unpaired) electrons. The quantitative estimate of drug-likeness (QED) is 0.539. The molecule has 0 aliphatic carbocycles. The standard InChI is InChI=1S/C28H31N5O4/c1-3-37-28(35)32-27-30-16-22-13-21(14-23(26(22)31-27)24-6-4-5-9-29-24)20-12-18(2)33(25(34)15-20)17-19-7-10-36-11-8-19/h4-6,9,12-15,19H,3,7-8,10-11,16-17H2,1-2H3,(H2,30,31,32,35). The number of guanidine groups is 1. The third-order valence-corrected chi connectivity index (χ3v) is 6.76. The maximum Gasteiger partial charge on any atom is 0.413 e. The van der Waals surface area contributed by atoms with Gasteiger partial charge in [-0.05, 0) is 79.6 Å². The van der Waals surface area contributed by atoms with E-state index in [1.54, 1.807) is 19.2 Å². The summed E-state index contributed by atoms with van der Waals surface area (Å²) in [5, 5.41) is 5.88. The minimum atomic E-state index is -0.565. The zero-order valence-corrected chi connectivity index (χ0v) is 21.1. The normalized spacial score (nSPS) is 15.4. The summed E-state index contributed by atoms with van der Waals surface area (Å²) in [6.45, 7) is 6.60. The van der Waals surface area contributed by atoms with Gasteiger partial charge in [-0.25, -0.2) is 9.79 Å². The van der Waals surface area contributed by atoms with Crippen LogP contribution in [0.15, 0.2) is 58.4 Å². The maximum atomic E-state index is 13.2. The molecular weight excluding hydrogens is 470 g/mol. The maximum absolute atomic E-state index is 13.2. The average Bonchev–Trinajstić information content (AvgIpc) is 2.91. The van der Waals surface area contributed by atoms with E-state index in [2.05, 4.69) is 26.7 Å². The van der Waals surface area contributed by atoms with Crippen LogP contribution >= 0.6 is 0 Å². The van der Waals surface area contributed by atoms with Crippen LogP contribution in [-0.4, -0.2) is 41.4 Å². The van der Waals surface area contributed by atoms with Crippen LogP contribution in [0.25, 0.3) is 22.4 Å². The summed E-state index contributed by atoms with van der Waals surface area (Å²) in [6, 6.07) is 13.6. The Balaban J connectivity index is 1.50. The molecule has 3 aromatic rings. The molecule has 0 unspecified atom stereocenters. The average molecular weight is 502 g/mol. The van der Waals surface area contributed by atoms with E-state index < -0.39 is 6.09 Å². The first-order chi connectivity index (χ1) is 18.0. The number of fused-ring (bicyclic) bond motifs is 1. The van der Waals surface area contributed by atoms with Crippen LogP contribution in [0.1, 0.15) is 31.0 Å². The topological polar surface area (TPSA) is 107 Å². The highest BCUT2D eigenvalue weighted by molar-refractivity contribution is 6.06. The fourth-order valence-corrected chi connectivity index (χ4v) is 4.84. The molecule has 2 aromatic heterocycles. The van der Waals surface area contributed by atoms with Crippen LogP contribution in [-0.2, 0) is 22.6 Å². The fourth-order valence-electron chi connectivity index (χ4n) is 4.84. The Labute approximate surface area is 215 Å². The van der Waals surface area contributed by atoms with Gasteiger partial charge in [-0.15, -0.1) is 0 Å². The first kappa shape index (κ1) is 24.7. The van der Waals surface area contributed by atoms with Crippen LogP contribution in [0.4, 0.5) is 10.5 Å². The zero-order valence-electron chi connectivity index (χ0n) is 21.1. The smallest absolute Gasteiger partial charge is 0.413 e. The number of alkyl carbamates (subject to hydrolysis) is 1. The molecule has 0 bridgehead atoms.